The molecule has 2 heterocycles. The van der Waals surface area contributed by atoms with E-state index in [9.17, 15) is 0 Å². The Morgan fingerprint density at radius 2 is 1.89 bits per heavy atom. The van der Waals surface area contributed by atoms with Crippen LogP contribution in [-0.2, 0) is 0 Å². The second-order valence-corrected chi connectivity index (χ2v) is 10.0. The molecule has 192 valence electrons. The average molecular weight is 503 g/mol. The standard InChI is InChI=1S/C32H34N6/c1-3-4-12-24-21-37-29-18-7-8-19-30(29)38(32(37)35-24)25-14-10-13-23(20-25)34-27-16-5-6-17-28(27)36-31-22(2)11-9-15-26(31)33/h3-5,7-10,12-16,18-20,22,34,36H,6,11,17,21,33H2,1-2H3/b4-3-,24-12+. The molecule has 6 heteroatoms. The van der Waals surface area contributed by atoms with Gasteiger partial charge in [-0.2, -0.15) is 0 Å². The van der Waals surface area contributed by atoms with Gasteiger partial charge in [0, 0.05) is 23.0 Å². The lowest BCUT2D eigenvalue weighted by Gasteiger charge is -2.26. The number of allylic oxidation sites excluding steroid dienone is 9. The van der Waals surface area contributed by atoms with E-state index in [-0.39, 0.29) is 0 Å². The van der Waals surface area contributed by atoms with Gasteiger partial charge in [0.05, 0.1) is 40.7 Å². The molecule has 0 saturated carbocycles. The lowest BCUT2D eigenvalue weighted by molar-refractivity contribution is 0.614. The fraction of sp³-hybridized carbons (Fsp3) is 0.219. The van der Waals surface area contributed by atoms with E-state index in [4.69, 9.17) is 10.7 Å². The van der Waals surface area contributed by atoms with E-state index < -0.39 is 0 Å². The normalized spacial score (nSPS) is 21.5. The molecule has 1 unspecified atom stereocenters. The van der Waals surface area contributed by atoms with Crippen molar-refractivity contribution in [2.45, 2.75) is 33.1 Å². The summed E-state index contributed by atoms with van der Waals surface area (Å²) in [4.78, 5) is 9.54. The fourth-order valence-corrected chi connectivity index (χ4v) is 5.40. The summed E-state index contributed by atoms with van der Waals surface area (Å²) in [6.45, 7) is 5.01. The van der Waals surface area contributed by atoms with E-state index in [1.165, 1.54) is 11.4 Å². The number of nitrogens with zero attached hydrogens (tertiary/aromatic N) is 3. The van der Waals surface area contributed by atoms with Gasteiger partial charge in [-0.25, -0.2) is 4.99 Å². The van der Waals surface area contributed by atoms with Gasteiger partial charge in [-0.1, -0.05) is 49.4 Å². The molecule has 1 atom stereocenters. The minimum Gasteiger partial charge on any atom is -0.397 e. The smallest absolute Gasteiger partial charge is 0.215 e. The van der Waals surface area contributed by atoms with E-state index in [1.54, 1.807) is 0 Å². The Labute approximate surface area is 224 Å². The Bertz CT molecular complexity index is 1470. The quantitative estimate of drug-likeness (QED) is 0.405. The van der Waals surface area contributed by atoms with Gasteiger partial charge in [-0.05, 0) is 74.7 Å². The highest BCUT2D eigenvalue weighted by Gasteiger charge is 2.37. The first-order chi connectivity index (χ1) is 18.6. The van der Waals surface area contributed by atoms with Crippen LogP contribution in [0.4, 0.5) is 22.7 Å². The van der Waals surface area contributed by atoms with Crippen LogP contribution in [0.3, 0.4) is 0 Å². The molecule has 0 bridgehead atoms. The SMILES string of the molecule is C/C=C\C=C1/CN2C(=N1)N(c1cccc(NC3=C(NC4=C(N)C=CCC4C)CCC=C3)c1)c1ccccc12. The largest absolute Gasteiger partial charge is 0.397 e. The maximum absolute atomic E-state index is 6.33. The Hall–Kier alpha value is -4.45. The topological polar surface area (TPSA) is 68.9 Å². The van der Waals surface area contributed by atoms with Crippen molar-refractivity contribution in [1.29, 1.82) is 0 Å². The Balaban J connectivity index is 1.32. The number of para-hydroxylation sites is 2. The lowest BCUT2D eigenvalue weighted by atomic mass is 9.96. The van der Waals surface area contributed by atoms with Crippen LogP contribution in [-0.4, -0.2) is 12.5 Å². The first-order valence-electron chi connectivity index (χ1n) is 13.4. The zero-order chi connectivity index (χ0) is 26.1. The zero-order valence-corrected chi connectivity index (χ0v) is 22.0. The molecule has 2 aliphatic carbocycles. The molecule has 2 aromatic rings. The Morgan fingerprint density at radius 3 is 2.74 bits per heavy atom. The lowest BCUT2D eigenvalue weighted by Crippen LogP contribution is -2.32. The number of nitrogens with one attached hydrogen (secondary N) is 2. The molecule has 38 heavy (non-hydrogen) atoms. The average Bonchev–Trinajstić information content (AvgIpc) is 3.47. The van der Waals surface area contributed by atoms with Crippen LogP contribution in [0.15, 0.2) is 125 Å². The van der Waals surface area contributed by atoms with Gasteiger partial charge in [-0.15, -0.1) is 0 Å². The summed E-state index contributed by atoms with van der Waals surface area (Å²) in [6.07, 6.45) is 17.7. The van der Waals surface area contributed by atoms with Crippen LogP contribution < -0.4 is 26.2 Å². The number of benzene rings is 2. The fourth-order valence-electron chi connectivity index (χ4n) is 5.40. The molecule has 0 fully saturated rings. The van der Waals surface area contributed by atoms with Crippen LogP contribution in [0.25, 0.3) is 0 Å². The van der Waals surface area contributed by atoms with E-state index in [0.717, 1.165) is 71.6 Å². The van der Waals surface area contributed by atoms with E-state index >= 15 is 0 Å². The van der Waals surface area contributed by atoms with Crippen molar-refractivity contribution in [3.8, 4) is 0 Å². The van der Waals surface area contributed by atoms with Crippen LogP contribution in [0.5, 0.6) is 0 Å². The summed E-state index contributed by atoms with van der Waals surface area (Å²) in [5, 5.41) is 7.37. The van der Waals surface area contributed by atoms with Crippen molar-refractivity contribution >= 4 is 28.7 Å². The Morgan fingerprint density at radius 1 is 1.03 bits per heavy atom. The molecule has 0 radical (unpaired) electrons. The summed E-state index contributed by atoms with van der Waals surface area (Å²) >= 11 is 0. The zero-order valence-electron chi connectivity index (χ0n) is 22.0. The third kappa shape index (κ3) is 4.43. The molecule has 4 N–H and O–H groups in total. The molecule has 0 aromatic heterocycles. The molecule has 6 rings (SSSR count). The highest BCUT2D eigenvalue weighted by molar-refractivity contribution is 6.21. The van der Waals surface area contributed by atoms with Gasteiger partial charge in [0.2, 0.25) is 5.96 Å². The van der Waals surface area contributed by atoms with Crippen molar-refractivity contribution in [2.24, 2.45) is 16.6 Å². The van der Waals surface area contributed by atoms with Crippen molar-refractivity contribution < 1.29 is 0 Å². The molecule has 2 aliphatic heterocycles. The predicted octanol–water partition coefficient (Wildman–Crippen LogP) is 6.80. The summed E-state index contributed by atoms with van der Waals surface area (Å²) in [5.41, 5.74) is 16.0. The molecular weight excluding hydrogens is 468 g/mol. The minimum absolute atomic E-state index is 0.375. The summed E-state index contributed by atoms with van der Waals surface area (Å²) in [5.74, 6) is 1.32. The Kier molecular flexibility index (Phi) is 6.38. The number of nitrogens with two attached hydrogens (primary N) is 1. The first-order valence-corrected chi connectivity index (χ1v) is 13.4. The van der Waals surface area contributed by atoms with Gasteiger partial charge in [0.25, 0.3) is 0 Å². The van der Waals surface area contributed by atoms with Gasteiger partial charge >= 0.3 is 0 Å². The molecule has 2 aromatic carbocycles. The molecular formula is C32H34N6. The highest BCUT2D eigenvalue weighted by atomic mass is 15.5. The number of fused-ring (bicyclic) bond motifs is 3. The van der Waals surface area contributed by atoms with E-state index in [0.29, 0.717) is 5.92 Å². The van der Waals surface area contributed by atoms with Crippen molar-refractivity contribution in [1.82, 2.24) is 5.32 Å². The first kappa shape index (κ1) is 23.9. The number of guanidine groups is 1. The molecule has 6 nitrogen and oxygen atoms in total. The van der Waals surface area contributed by atoms with E-state index in [2.05, 4.69) is 100 Å². The predicted molar refractivity (Wildman–Crippen MR) is 159 cm³/mol. The van der Waals surface area contributed by atoms with Crippen molar-refractivity contribution in [3.63, 3.8) is 0 Å². The second-order valence-electron chi connectivity index (χ2n) is 10.0. The second kappa shape index (κ2) is 10.1. The summed E-state index contributed by atoms with van der Waals surface area (Å²) in [7, 11) is 0. The van der Waals surface area contributed by atoms with Crippen LogP contribution >= 0.6 is 0 Å². The van der Waals surface area contributed by atoms with Crippen molar-refractivity contribution in [3.05, 3.63) is 120 Å². The minimum atomic E-state index is 0.375. The highest BCUT2D eigenvalue weighted by Crippen LogP contribution is 2.44. The molecule has 0 saturated heterocycles. The van der Waals surface area contributed by atoms with Crippen LogP contribution in [0, 0.1) is 5.92 Å². The monoisotopic (exact) mass is 502 g/mol. The molecule has 0 amide bonds. The van der Waals surface area contributed by atoms with Crippen molar-refractivity contribution in [2.75, 3.05) is 21.7 Å². The third-order valence-electron chi connectivity index (χ3n) is 7.33. The van der Waals surface area contributed by atoms with Crippen LogP contribution in [0.1, 0.15) is 33.1 Å². The maximum atomic E-state index is 6.33. The summed E-state index contributed by atoms with van der Waals surface area (Å²) < 4.78 is 0. The summed E-state index contributed by atoms with van der Waals surface area (Å²) in [6, 6.07) is 17.1. The number of hydrogen-bond donors (Lipinski definition) is 3. The van der Waals surface area contributed by atoms with Crippen LogP contribution in [0.2, 0.25) is 0 Å². The molecule has 4 aliphatic rings. The van der Waals surface area contributed by atoms with Gasteiger partial charge in [0.15, 0.2) is 0 Å². The van der Waals surface area contributed by atoms with Gasteiger partial charge < -0.3 is 21.3 Å². The number of anilines is 4. The third-order valence-corrected chi connectivity index (χ3v) is 7.33. The number of aliphatic imine (C=N–C) groups is 1. The van der Waals surface area contributed by atoms with Gasteiger partial charge in [0.1, 0.15) is 0 Å². The molecule has 0 spiro atoms. The number of hydrogen-bond acceptors (Lipinski definition) is 6. The van der Waals surface area contributed by atoms with E-state index in [1.807, 2.05) is 25.2 Å². The van der Waals surface area contributed by atoms with Gasteiger partial charge in [-0.3, -0.25) is 4.90 Å². The number of rotatable bonds is 6. The maximum Gasteiger partial charge on any atom is 0.215 e.